The molecule has 0 fully saturated rings. The van der Waals surface area contributed by atoms with E-state index in [9.17, 15) is 14.9 Å². The van der Waals surface area contributed by atoms with E-state index in [0.717, 1.165) is 18.6 Å². The predicted molar refractivity (Wildman–Crippen MR) is 80.9 cm³/mol. The number of benzene rings is 1. The maximum absolute atomic E-state index is 12.0. The first kappa shape index (κ1) is 16.3. The van der Waals surface area contributed by atoms with Crippen molar-refractivity contribution >= 4 is 29.0 Å². The van der Waals surface area contributed by atoms with Gasteiger partial charge in [0, 0.05) is 18.3 Å². The number of rotatable bonds is 8. The number of hydrazine groups is 1. The minimum absolute atomic E-state index is 0.00955. The first-order valence-corrected chi connectivity index (χ1v) is 7.51. The Labute approximate surface area is 121 Å². The van der Waals surface area contributed by atoms with E-state index in [0.29, 0.717) is 12.2 Å². The maximum atomic E-state index is 12.0. The second-order valence-electron chi connectivity index (χ2n) is 4.09. The molecule has 20 heavy (non-hydrogen) atoms. The Kier molecular flexibility index (Phi) is 6.82. The third-order valence-electron chi connectivity index (χ3n) is 2.67. The van der Waals surface area contributed by atoms with Gasteiger partial charge >= 0.3 is 0 Å². The number of amides is 1. The van der Waals surface area contributed by atoms with Crippen LogP contribution in [0, 0.1) is 10.1 Å². The number of nitrogens with two attached hydrogens (primary N) is 1. The molecule has 0 bridgehead atoms. The highest BCUT2D eigenvalue weighted by Gasteiger charge is 2.20. The van der Waals surface area contributed by atoms with Crippen molar-refractivity contribution in [2.75, 3.05) is 24.0 Å². The summed E-state index contributed by atoms with van der Waals surface area (Å²) in [4.78, 5) is 22.3. The molecule has 0 unspecified atom stereocenters. The number of nitro benzene ring substituents is 1. The summed E-state index contributed by atoms with van der Waals surface area (Å²) in [5, 5.41) is 13.6. The van der Waals surface area contributed by atoms with E-state index < -0.39 is 10.8 Å². The first-order chi connectivity index (χ1) is 9.60. The van der Waals surface area contributed by atoms with Crippen LogP contribution in [-0.2, 0) is 0 Å². The summed E-state index contributed by atoms with van der Waals surface area (Å²) in [6.07, 6.45) is 3.86. The Balaban J connectivity index is 2.72. The third-order valence-corrected chi connectivity index (χ3v) is 3.36. The van der Waals surface area contributed by atoms with E-state index in [2.05, 4.69) is 10.7 Å². The highest BCUT2D eigenvalue weighted by Crippen LogP contribution is 2.22. The minimum atomic E-state index is -0.580. The highest BCUT2D eigenvalue weighted by atomic mass is 32.2. The minimum Gasteiger partial charge on any atom is -0.352 e. The van der Waals surface area contributed by atoms with Gasteiger partial charge in [0.25, 0.3) is 11.6 Å². The summed E-state index contributed by atoms with van der Waals surface area (Å²) in [5.74, 6) is 5.82. The normalized spacial score (nSPS) is 10.1. The molecule has 1 aromatic rings. The zero-order chi connectivity index (χ0) is 15.0. The Morgan fingerprint density at radius 1 is 1.45 bits per heavy atom. The van der Waals surface area contributed by atoms with Gasteiger partial charge in [-0.25, -0.2) is 0 Å². The third kappa shape index (κ3) is 4.71. The van der Waals surface area contributed by atoms with E-state index in [4.69, 9.17) is 5.84 Å². The lowest BCUT2D eigenvalue weighted by molar-refractivity contribution is -0.385. The average Bonchev–Trinajstić information content (AvgIpc) is 2.46. The monoisotopic (exact) mass is 298 g/mol. The quantitative estimate of drug-likeness (QED) is 0.292. The highest BCUT2D eigenvalue weighted by molar-refractivity contribution is 7.98. The van der Waals surface area contributed by atoms with Crippen LogP contribution in [-0.4, -0.2) is 29.4 Å². The molecule has 0 atom stereocenters. The molecule has 0 aliphatic carbocycles. The van der Waals surface area contributed by atoms with E-state index in [1.54, 1.807) is 11.8 Å². The molecule has 0 aromatic heterocycles. The van der Waals surface area contributed by atoms with Gasteiger partial charge in [0.1, 0.15) is 5.56 Å². The predicted octanol–water partition coefficient (Wildman–Crippen LogP) is 1.75. The standard InChI is InChI=1S/C12H18N4O3S/c1-20-7-3-2-6-14-12(17)10-8-9(15-13)4-5-11(10)16(18)19/h4-5,8,15H,2-3,6-7,13H2,1H3,(H,14,17). The van der Waals surface area contributed by atoms with Crippen LogP contribution >= 0.6 is 11.8 Å². The van der Waals surface area contributed by atoms with Crippen LogP contribution in [0.3, 0.4) is 0 Å². The largest absolute Gasteiger partial charge is 0.352 e. The summed E-state index contributed by atoms with van der Waals surface area (Å²) in [5.41, 5.74) is 2.59. The molecule has 1 aromatic carbocycles. The fourth-order valence-corrected chi connectivity index (χ4v) is 2.13. The second-order valence-corrected chi connectivity index (χ2v) is 5.07. The van der Waals surface area contributed by atoms with E-state index >= 15 is 0 Å². The number of nitro groups is 1. The molecule has 1 amide bonds. The first-order valence-electron chi connectivity index (χ1n) is 6.12. The van der Waals surface area contributed by atoms with Gasteiger partial charge in [-0.15, -0.1) is 0 Å². The van der Waals surface area contributed by atoms with Gasteiger partial charge in [-0.3, -0.25) is 20.8 Å². The second kappa shape index (κ2) is 8.39. The van der Waals surface area contributed by atoms with E-state index in [-0.39, 0.29) is 11.3 Å². The number of nitrogens with zero attached hydrogens (tertiary/aromatic N) is 1. The molecule has 0 saturated carbocycles. The number of carbonyl (C=O) groups is 1. The van der Waals surface area contributed by atoms with Crippen LogP contribution in [0.4, 0.5) is 11.4 Å². The Morgan fingerprint density at radius 3 is 2.80 bits per heavy atom. The molecule has 0 spiro atoms. The molecule has 1 rings (SSSR count). The number of nitrogens with one attached hydrogen (secondary N) is 2. The lowest BCUT2D eigenvalue weighted by Gasteiger charge is -2.07. The van der Waals surface area contributed by atoms with Crippen LogP contribution in [0.1, 0.15) is 23.2 Å². The summed E-state index contributed by atoms with van der Waals surface area (Å²) >= 11 is 1.74. The molecule has 0 heterocycles. The van der Waals surface area contributed by atoms with Crippen molar-refractivity contribution in [1.29, 1.82) is 0 Å². The van der Waals surface area contributed by atoms with Crippen molar-refractivity contribution in [1.82, 2.24) is 5.32 Å². The number of thioether (sulfide) groups is 1. The topological polar surface area (TPSA) is 110 Å². The van der Waals surface area contributed by atoms with E-state index in [1.165, 1.54) is 18.2 Å². The van der Waals surface area contributed by atoms with Gasteiger partial charge < -0.3 is 10.7 Å². The van der Waals surface area contributed by atoms with Gasteiger partial charge in [0.15, 0.2) is 0 Å². The molecule has 8 heteroatoms. The zero-order valence-corrected chi connectivity index (χ0v) is 12.0. The molecular weight excluding hydrogens is 280 g/mol. The zero-order valence-electron chi connectivity index (χ0n) is 11.2. The molecule has 0 aliphatic rings. The van der Waals surface area contributed by atoms with Crippen molar-refractivity contribution in [2.24, 2.45) is 5.84 Å². The van der Waals surface area contributed by atoms with E-state index in [1.807, 2.05) is 6.26 Å². The fourth-order valence-electron chi connectivity index (χ4n) is 1.64. The molecule has 110 valence electrons. The smallest absolute Gasteiger partial charge is 0.282 e. The number of nitrogen functional groups attached to an aromatic ring is 1. The molecular formula is C12H18N4O3S. The number of carbonyl (C=O) groups excluding carboxylic acids is 1. The van der Waals surface area contributed by atoms with Crippen molar-refractivity contribution in [3.05, 3.63) is 33.9 Å². The van der Waals surface area contributed by atoms with Crippen molar-refractivity contribution in [2.45, 2.75) is 12.8 Å². The lowest BCUT2D eigenvalue weighted by atomic mass is 10.1. The van der Waals surface area contributed by atoms with Crippen molar-refractivity contribution in [3.8, 4) is 0 Å². The van der Waals surface area contributed by atoms with Crippen LogP contribution in [0.15, 0.2) is 18.2 Å². The van der Waals surface area contributed by atoms with Crippen LogP contribution in [0.25, 0.3) is 0 Å². The number of hydrogen-bond acceptors (Lipinski definition) is 6. The number of anilines is 1. The van der Waals surface area contributed by atoms with Crippen LogP contribution in [0.2, 0.25) is 0 Å². The number of unbranched alkanes of at least 4 members (excludes halogenated alkanes) is 1. The SMILES string of the molecule is CSCCCCNC(=O)c1cc(NN)ccc1[N+](=O)[O-]. The van der Waals surface area contributed by atoms with Crippen molar-refractivity contribution in [3.63, 3.8) is 0 Å². The lowest BCUT2D eigenvalue weighted by Crippen LogP contribution is -2.25. The van der Waals surface area contributed by atoms with Gasteiger partial charge in [0.05, 0.1) is 4.92 Å². The Hall–Kier alpha value is -1.80. The van der Waals surface area contributed by atoms with Crippen LogP contribution in [0.5, 0.6) is 0 Å². The maximum Gasteiger partial charge on any atom is 0.282 e. The summed E-state index contributed by atoms with van der Waals surface area (Å²) in [6.45, 7) is 0.497. The molecule has 0 radical (unpaired) electrons. The van der Waals surface area contributed by atoms with Gasteiger partial charge in [0.2, 0.25) is 0 Å². The fraction of sp³-hybridized carbons (Fsp3) is 0.417. The molecule has 7 nitrogen and oxygen atoms in total. The van der Waals surface area contributed by atoms with Gasteiger partial charge in [-0.2, -0.15) is 11.8 Å². The van der Waals surface area contributed by atoms with Gasteiger partial charge in [-0.05, 0) is 37.0 Å². The van der Waals surface area contributed by atoms with Crippen molar-refractivity contribution < 1.29 is 9.72 Å². The summed E-state index contributed by atoms with van der Waals surface area (Å²) in [6, 6.07) is 4.08. The summed E-state index contributed by atoms with van der Waals surface area (Å²) in [7, 11) is 0. The van der Waals surface area contributed by atoms with Crippen LogP contribution < -0.4 is 16.6 Å². The molecule has 0 saturated heterocycles. The van der Waals surface area contributed by atoms with Gasteiger partial charge in [-0.1, -0.05) is 0 Å². The summed E-state index contributed by atoms with van der Waals surface area (Å²) < 4.78 is 0. The Bertz CT molecular complexity index is 482. The Morgan fingerprint density at radius 2 is 2.20 bits per heavy atom. The molecule has 0 aliphatic heterocycles. The average molecular weight is 298 g/mol. The number of hydrogen-bond donors (Lipinski definition) is 3. The molecule has 4 N–H and O–H groups in total.